The Labute approximate surface area is 138 Å². The number of nitrogens with two attached hydrogens (primary N) is 1. The van der Waals surface area contributed by atoms with E-state index in [1.807, 2.05) is 0 Å². The highest BCUT2D eigenvalue weighted by Gasteiger charge is 2.54. The summed E-state index contributed by atoms with van der Waals surface area (Å²) in [6.45, 7) is 6.08. The minimum absolute atomic E-state index is 0. The lowest BCUT2D eigenvalue weighted by molar-refractivity contribution is 0.645. The Morgan fingerprint density at radius 1 is 1.40 bits per heavy atom. The molecule has 3 nitrogen and oxygen atoms in total. The Kier molecular flexibility index (Phi) is 4.94. The van der Waals surface area contributed by atoms with E-state index >= 15 is 0 Å². The third-order valence-corrected chi connectivity index (χ3v) is 4.35. The van der Waals surface area contributed by atoms with E-state index in [9.17, 15) is 0 Å². The molecule has 0 aromatic heterocycles. The summed E-state index contributed by atoms with van der Waals surface area (Å²) in [5, 5.41) is 3.29. The van der Waals surface area contributed by atoms with Crippen LogP contribution in [0.1, 0.15) is 30.9 Å². The molecule has 4 heteroatoms. The third kappa shape index (κ3) is 3.10. The molecule has 0 radical (unpaired) electrons. The molecule has 0 spiro atoms. The van der Waals surface area contributed by atoms with Gasteiger partial charge in [-0.2, -0.15) is 0 Å². The summed E-state index contributed by atoms with van der Waals surface area (Å²) < 4.78 is 0. The molecule has 1 fully saturated rings. The zero-order chi connectivity index (χ0) is 13.4. The number of rotatable bonds is 4. The van der Waals surface area contributed by atoms with Crippen LogP contribution in [-0.4, -0.2) is 19.0 Å². The van der Waals surface area contributed by atoms with Crippen LogP contribution in [0, 0.1) is 17.8 Å². The Balaban J connectivity index is 0.00000147. The zero-order valence-corrected chi connectivity index (χ0v) is 14.5. The van der Waals surface area contributed by atoms with Crippen LogP contribution in [0.2, 0.25) is 0 Å². The first-order valence-electron chi connectivity index (χ1n) is 7.28. The topological polar surface area (TPSA) is 50.4 Å². The van der Waals surface area contributed by atoms with Gasteiger partial charge in [0.25, 0.3) is 0 Å². The van der Waals surface area contributed by atoms with Gasteiger partial charge in [-0.1, -0.05) is 38.1 Å². The number of nitrogens with one attached hydrogen (secondary N) is 1. The molecule has 3 atom stereocenters. The van der Waals surface area contributed by atoms with Crippen LogP contribution in [0.5, 0.6) is 0 Å². The monoisotopic (exact) mass is 385 g/mol. The molecule has 0 amide bonds. The third-order valence-electron chi connectivity index (χ3n) is 4.35. The Hall–Kier alpha value is -0.780. The average molecular weight is 385 g/mol. The van der Waals surface area contributed by atoms with Crippen LogP contribution < -0.4 is 11.1 Å². The molecular weight excluding hydrogens is 361 g/mol. The maximum Gasteiger partial charge on any atom is 0.188 e. The van der Waals surface area contributed by atoms with Gasteiger partial charge in [0, 0.05) is 13.1 Å². The SMILES string of the molecule is CC(C)CN=C(N)NCC1C2Cc3ccccc3C12.I. The number of hydrogen-bond donors (Lipinski definition) is 2. The summed E-state index contributed by atoms with van der Waals surface area (Å²) >= 11 is 0. The molecule has 0 saturated heterocycles. The largest absolute Gasteiger partial charge is 0.370 e. The van der Waals surface area contributed by atoms with Gasteiger partial charge in [-0.15, -0.1) is 24.0 Å². The van der Waals surface area contributed by atoms with Crippen molar-refractivity contribution in [3.05, 3.63) is 35.4 Å². The summed E-state index contributed by atoms with van der Waals surface area (Å²) in [7, 11) is 0. The summed E-state index contributed by atoms with van der Waals surface area (Å²) in [6.07, 6.45) is 1.25. The molecule has 20 heavy (non-hydrogen) atoms. The van der Waals surface area contributed by atoms with Crippen molar-refractivity contribution in [2.24, 2.45) is 28.5 Å². The van der Waals surface area contributed by atoms with E-state index in [2.05, 4.69) is 48.4 Å². The van der Waals surface area contributed by atoms with Crippen LogP contribution in [0.3, 0.4) is 0 Å². The normalized spacial score (nSPS) is 26.8. The van der Waals surface area contributed by atoms with Crippen molar-refractivity contribution in [3.8, 4) is 0 Å². The quantitative estimate of drug-likeness (QED) is 0.476. The summed E-state index contributed by atoms with van der Waals surface area (Å²) in [5.41, 5.74) is 9.00. The van der Waals surface area contributed by atoms with E-state index < -0.39 is 0 Å². The van der Waals surface area contributed by atoms with Crippen molar-refractivity contribution in [3.63, 3.8) is 0 Å². The van der Waals surface area contributed by atoms with Crippen LogP contribution in [-0.2, 0) is 6.42 Å². The minimum atomic E-state index is 0. The predicted octanol–water partition coefficient (Wildman–Crippen LogP) is 2.75. The zero-order valence-electron chi connectivity index (χ0n) is 12.2. The van der Waals surface area contributed by atoms with Crippen LogP contribution in [0.4, 0.5) is 0 Å². The molecule has 1 aromatic rings. The highest BCUT2D eigenvalue weighted by molar-refractivity contribution is 14.0. The Morgan fingerprint density at radius 3 is 2.90 bits per heavy atom. The van der Waals surface area contributed by atoms with Crippen LogP contribution in [0.15, 0.2) is 29.3 Å². The molecular formula is C16H24IN3. The maximum atomic E-state index is 5.88. The highest BCUT2D eigenvalue weighted by Crippen LogP contribution is 2.60. The van der Waals surface area contributed by atoms with Gasteiger partial charge in [0.1, 0.15) is 0 Å². The standard InChI is InChI=1S/C16H23N3.HI/c1-10(2)8-18-16(17)19-9-14-13-7-11-5-3-4-6-12(11)15(13)14;/h3-6,10,13-15H,7-9H2,1-2H3,(H3,17,18,19);1H. The highest BCUT2D eigenvalue weighted by atomic mass is 127. The molecule has 1 saturated carbocycles. The molecule has 0 bridgehead atoms. The van der Waals surface area contributed by atoms with Gasteiger partial charge in [-0.05, 0) is 41.2 Å². The second-order valence-corrected chi connectivity index (χ2v) is 6.26. The van der Waals surface area contributed by atoms with Gasteiger partial charge >= 0.3 is 0 Å². The van der Waals surface area contributed by atoms with Crippen molar-refractivity contribution < 1.29 is 0 Å². The van der Waals surface area contributed by atoms with Gasteiger partial charge < -0.3 is 11.1 Å². The smallest absolute Gasteiger partial charge is 0.188 e. The number of fused-ring (bicyclic) bond motifs is 3. The lowest BCUT2D eigenvalue weighted by atomic mass is 10.0. The number of nitrogens with zero attached hydrogens (tertiary/aromatic N) is 1. The van der Waals surface area contributed by atoms with Crippen molar-refractivity contribution in [1.29, 1.82) is 0 Å². The molecule has 2 aliphatic rings. The summed E-state index contributed by atoms with van der Waals surface area (Å²) in [5.74, 6) is 3.52. The first-order chi connectivity index (χ1) is 9.16. The van der Waals surface area contributed by atoms with Gasteiger partial charge in [-0.25, -0.2) is 0 Å². The lowest BCUT2D eigenvalue weighted by Gasteiger charge is -2.09. The first kappa shape index (κ1) is 15.6. The number of guanidine groups is 1. The lowest BCUT2D eigenvalue weighted by Crippen LogP contribution is -2.34. The molecule has 2 aliphatic carbocycles. The van der Waals surface area contributed by atoms with Gasteiger partial charge in [-0.3, -0.25) is 4.99 Å². The van der Waals surface area contributed by atoms with Gasteiger partial charge in [0.05, 0.1) is 0 Å². The van der Waals surface area contributed by atoms with Crippen LogP contribution >= 0.6 is 24.0 Å². The van der Waals surface area contributed by atoms with Gasteiger partial charge in [0.15, 0.2) is 5.96 Å². The summed E-state index contributed by atoms with van der Waals surface area (Å²) in [4.78, 5) is 4.34. The van der Waals surface area contributed by atoms with E-state index in [1.54, 1.807) is 11.1 Å². The maximum absolute atomic E-state index is 5.88. The van der Waals surface area contributed by atoms with Crippen LogP contribution in [0.25, 0.3) is 0 Å². The second kappa shape index (κ2) is 6.33. The van der Waals surface area contributed by atoms with E-state index in [-0.39, 0.29) is 24.0 Å². The molecule has 3 rings (SSSR count). The van der Waals surface area contributed by atoms with E-state index in [0.717, 1.165) is 30.8 Å². The van der Waals surface area contributed by atoms with Crippen molar-refractivity contribution in [1.82, 2.24) is 5.32 Å². The fourth-order valence-electron chi connectivity index (χ4n) is 3.32. The minimum Gasteiger partial charge on any atom is -0.370 e. The summed E-state index contributed by atoms with van der Waals surface area (Å²) in [6, 6.07) is 8.86. The first-order valence-corrected chi connectivity index (χ1v) is 7.28. The predicted molar refractivity (Wildman–Crippen MR) is 94.6 cm³/mol. The van der Waals surface area contributed by atoms with E-state index in [0.29, 0.717) is 11.9 Å². The molecule has 3 N–H and O–H groups in total. The second-order valence-electron chi connectivity index (χ2n) is 6.26. The van der Waals surface area contributed by atoms with Crippen molar-refractivity contribution >= 4 is 29.9 Å². The van der Waals surface area contributed by atoms with E-state index in [1.165, 1.54) is 6.42 Å². The fraction of sp³-hybridized carbons (Fsp3) is 0.562. The average Bonchev–Trinajstić information content (AvgIpc) is 2.93. The molecule has 0 aliphatic heterocycles. The van der Waals surface area contributed by atoms with Gasteiger partial charge in [0.2, 0.25) is 0 Å². The number of hydrogen-bond acceptors (Lipinski definition) is 1. The number of halogens is 1. The number of aliphatic imine (C=N–C) groups is 1. The Morgan fingerprint density at radius 2 is 2.15 bits per heavy atom. The van der Waals surface area contributed by atoms with Crippen molar-refractivity contribution in [2.75, 3.05) is 13.1 Å². The Bertz CT molecular complexity index is 498. The fourth-order valence-corrected chi connectivity index (χ4v) is 3.32. The molecule has 0 heterocycles. The molecule has 3 unspecified atom stereocenters. The van der Waals surface area contributed by atoms with Crippen molar-refractivity contribution in [2.45, 2.75) is 26.2 Å². The number of benzene rings is 1. The van der Waals surface area contributed by atoms with E-state index in [4.69, 9.17) is 5.73 Å². The molecule has 110 valence electrons. The molecule has 1 aromatic carbocycles.